The molecular formula is C20H25BrN2O. The number of ether oxygens (including phenoxy) is 1. The molecule has 3 rings (SSSR count). The molecule has 128 valence electrons. The quantitative estimate of drug-likeness (QED) is 0.761. The first-order valence-electron chi connectivity index (χ1n) is 8.59. The van der Waals surface area contributed by atoms with Crippen LogP contribution in [-0.4, -0.2) is 31.6 Å². The van der Waals surface area contributed by atoms with Crippen molar-refractivity contribution in [2.75, 3.05) is 26.7 Å². The van der Waals surface area contributed by atoms with Gasteiger partial charge in [0.15, 0.2) is 0 Å². The Labute approximate surface area is 153 Å². The molecule has 24 heavy (non-hydrogen) atoms. The number of benzene rings is 2. The van der Waals surface area contributed by atoms with Gasteiger partial charge in [-0.2, -0.15) is 0 Å². The van der Waals surface area contributed by atoms with Crippen LogP contribution in [0.5, 0.6) is 5.75 Å². The Morgan fingerprint density at radius 1 is 1.12 bits per heavy atom. The number of rotatable bonds is 7. The monoisotopic (exact) mass is 388 g/mol. The van der Waals surface area contributed by atoms with Gasteiger partial charge < -0.3 is 10.1 Å². The van der Waals surface area contributed by atoms with Gasteiger partial charge in [-0.1, -0.05) is 40.2 Å². The van der Waals surface area contributed by atoms with Crippen molar-refractivity contribution in [1.29, 1.82) is 0 Å². The predicted molar refractivity (Wildman–Crippen MR) is 102 cm³/mol. The van der Waals surface area contributed by atoms with Gasteiger partial charge in [0.05, 0.1) is 7.11 Å². The topological polar surface area (TPSA) is 24.5 Å². The van der Waals surface area contributed by atoms with Gasteiger partial charge in [-0.15, -0.1) is 0 Å². The first-order chi connectivity index (χ1) is 11.8. The largest absolute Gasteiger partial charge is 0.497 e. The third-order valence-electron chi connectivity index (χ3n) is 4.62. The average molecular weight is 389 g/mol. The lowest BCUT2D eigenvalue weighted by Gasteiger charge is -2.28. The molecule has 3 nitrogen and oxygen atoms in total. The van der Waals surface area contributed by atoms with E-state index in [-0.39, 0.29) is 0 Å². The zero-order chi connectivity index (χ0) is 16.8. The minimum Gasteiger partial charge on any atom is -0.497 e. The molecule has 1 aliphatic rings. The van der Waals surface area contributed by atoms with E-state index < -0.39 is 0 Å². The molecule has 0 saturated carbocycles. The van der Waals surface area contributed by atoms with E-state index in [1.165, 1.54) is 37.1 Å². The van der Waals surface area contributed by atoms with Gasteiger partial charge in [0.25, 0.3) is 0 Å². The second-order valence-corrected chi connectivity index (χ2v) is 7.21. The summed E-state index contributed by atoms with van der Waals surface area (Å²) in [6.07, 6.45) is 2.60. The van der Waals surface area contributed by atoms with Crippen molar-refractivity contribution in [1.82, 2.24) is 10.2 Å². The molecule has 0 spiro atoms. The van der Waals surface area contributed by atoms with E-state index in [1.807, 2.05) is 6.07 Å². The molecule has 0 amide bonds. The number of halogens is 1. The van der Waals surface area contributed by atoms with Crippen LogP contribution in [0.3, 0.4) is 0 Å². The standard InChI is InChI=1S/C20H25BrN2O/c1-24-19-9-5-7-17(13-19)20(23-10-2-3-11-23)15-22-14-16-6-4-8-18(21)12-16/h4-9,12-13,20,22H,2-3,10-11,14-15H2,1H3. The third kappa shape index (κ3) is 4.59. The van der Waals surface area contributed by atoms with Gasteiger partial charge in [-0.05, 0) is 61.3 Å². The highest BCUT2D eigenvalue weighted by Gasteiger charge is 2.23. The fourth-order valence-electron chi connectivity index (χ4n) is 3.36. The molecule has 1 aliphatic heterocycles. The van der Waals surface area contributed by atoms with E-state index in [0.717, 1.165) is 23.3 Å². The highest BCUT2D eigenvalue weighted by molar-refractivity contribution is 9.10. The second-order valence-electron chi connectivity index (χ2n) is 6.30. The molecule has 1 N–H and O–H groups in total. The van der Waals surface area contributed by atoms with Crippen LogP contribution < -0.4 is 10.1 Å². The lowest BCUT2D eigenvalue weighted by atomic mass is 10.0. The molecule has 0 bridgehead atoms. The van der Waals surface area contributed by atoms with Gasteiger partial charge in [0.2, 0.25) is 0 Å². The first kappa shape index (κ1) is 17.5. The number of hydrogen-bond acceptors (Lipinski definition) is 3. The minimum atomic E-state index is 0.398. The van der Waals surface area contributed by atoms with Crippen LogP contribution in [-0.2, 0) is 6.54 Å². The molecule has 0 aliphatic carbocycles. The van der Waals surface area contributed by atoms with E-state index >= 15 is 0 Å². The predicted octanol–water partition coefficient (Wildman–Crippen LogP) is 4.38. The van der Waals surface area contributed by atoms with Gasteiger partial charge in [0.1, 0.15) is 5.75 Å². The second kappa shape index (κ2) is 8.65. The lowest BCUT2D eigenvalue weighted by Crippen LogP contribution is -2.34. The van der Waals surface area contributed by atoms with Gasteiger partial charge >= 0.3 is 0 Å². The molecule has 0 radical (unpaired) electrons. The maximum Gasteiger partial charge on any atom is 0.119 e. The maximum absolute atomic E-state index is 5.41. The number of nitrogens with zero attached hydrogens (tertiary/aromatic N) is 1. The highest BCUT2D eigenvalue weighted by atomic mass is 79.9. The van der Waals surface area contributed by atoms with E-state index in [0.29, 0.717) is 6.04 Å². The normalized spacial score (nSPS) is 16.2. The molecule has 0 aromatic heterocycles. The fourth-order valence-corrected chi connectivity index (χ4v) is 3.81. The van der Waals surface area contributed by atoms with Crippen molar-refractivity contribution in [3.05, 3.63) is 64.1 Å². The van der Waals surface area contributed by atoms with Crippen LogP contribution in [0.4, 0.5) is 0 Å². The summed E-state index contributed by atoms with van der Waals surface area (Å²) in [6.45, 7) is 4.19. The molecular weight excluding hydrogens is 364 g/mol. The molecule has 1 saturated heterocycles. The zero-order valence-corrected chi connectivity index (χ0v) is 15.8. The summed E-state index contributed by atoms with van der Waals surface area (Å²) in [5, 5.41) is 3.64. The van der Waals surface area contributed by atoms with Crippen LogP contribution in [0, 0.1) is 0 Å². The number of hydrogen-bond donors (Lipinski definition) is 1. The highest BCUT2D eigenvalue weighted by Crippen LogP contribution is 2.27. The Kier molecular flexibility index (Phi) is 6.30. The minimum absolute atomic E-state index is 0.398. The molecule has 1 heterocycles. The van der Waals surface area contributed by atoms with E-state index in [2.05, 4.69) is 68.6 Å². The fraction of sp³-hybridized carbons (Fsp3) is 0.400. The Morgan fingerprint density at radius 3 is 2.67 bits per heavy atom. The van der Waals surface area contributed by atoms with E-state index in [9.17, 15) is 0 Å². The summed E-state index contributed by atoms with van der Waals surface area (Å²) < 4.78 is 6.54. The van der Waals surface area contributed by atoms with Crippen molar-refractivity contribution >= 4 is 15.9 Å². The number of likely N-dealkylation sites (tertiary alicyclic amines) is 1. The van der Waals surface area contributed by atoms with Crippen LogP contribution in [0.15, 0.2) is 53.0 Å². The number of nitrogens with one attached hydrogen (secondary N) is 1. The molecule has 2 aromatic rings. The summed E-state index contributed by atoms with van der Waals surface area (Å²) in [5.74, 6) is 0.934. The van der Waals surface area contributed by atoms with E-state index in [1.54, 1.807) is 7.11 Å². The van der Waals surface area contributed by atoms with Crippen molar-refractivity contribution < 1.29 is 4.74 Å². The summed E-state index contributed by atoms with van der Waals surface area (Å²) in [6, 6.07) is 17.4. The van der Waals surface area contributed by atoms with Crippen molar-refractivity contribution in [3.63, 3.8) is 0 Å². The Morgan fingerprint density at radius 2 is 1.92 bits per heavy atom. The van der Waals surface area contributed by atoms with Gasteiger partial charge in [-0.25, -0.2) is 0 Å². The molecule has 1 atom stereocenters. The molecule has 2 aromatic carbocycles. The molecule has 1 fully saturated rings. The Balaban J connectivity index is 1.68. The summed E-state index contributed by atoms with van der Waals surface area (Å²) in [5.41, 5.74) is 2.63. The van der Waals surface area contributed by atoms with Crippen LogP contribution in [0.25, 0.3) is 0 Å². The summed E-state index contributed by atoms with van der Waals surface area (Å²) in [4.78, 5) is 2.59. The van der Waals surface area contributed by atoms with Crippen molar-refractivity contribution in [2.24, 2.45) is 0 Å². The molecule has 4 heteroatoms. The summed E-state index contributed by atoms with van der Waals surface area (Å²) >= 11 is 3.54. The van der Waals surface area contributed by atoms with Crippen molar-refractivity contribution in [2.45, 2.75) is 25.4 Å². The zero-order valence-electron chi connectivity index (χ0n) is 14.2. The summed E-state index contributed by atoms with van der Waals surface area (Å²) in [7, 11) is 1.73. The smallest absolute Gasteiger partial charge is 0.119 e. The number of methoxy groups -OCH3 is 1. The lowest BCUT2D eigenvalue weighted by molar-refractivity contribution is 0.238. The van der Waals surface area contributed by atoms with Gasteiger partial charge in [0, 0.05) is 23.6 Å². The van der Waals surface area contributed by atoms with Crippen LogP contribution >= 0.6 is 15.9 Å². The Bertz CT molecular complexity index is 656. The first-order valence-corrected chi connectivity index (χ1v) is 9.39. The van der Waals surface area contributed by atoms with Crippen LogP contribution in [0.2, 0.25) is 0 Å². The van der Waals surface area contributed by atoms with E-state index in [4.69, 9.17) is 4.74 Å². The maximum atomic E-state index is 5.41. The molecule has 1 unspecified atom stereocenters. The Hall–Kier alpha value is -1.36. The average Bonchev–Trinajstić information content (AvgIpc) is 3.13. The van der Waals surface area contributed by atoms with Gasteiger partial charge in [-0.3, -0.25) is 4.90 Å². The van der Waals surface area contributed by atoms with Crippen LogP contribution in [0.1, 0.15) is 30.0 Å². The third-order valence-corrected chi connectivity index (χ3v) is 5.11. The van der Waals surface area contributed by atoms with Crippen molar-refractivity contribution in [3.8, 4) is 5.75 Å². The SMILES string of the molecule is COc1cccc(C(CNCc2cccc(Br)c2)N2CCCC2)c1.